The minimum Gasteiger partial charge on any atom is -0.480 e. The van der Waals surface area contributed by atoms with Crippen molar-refractivity contribution in [2.24, 2.45) is 0 Å². The van der Waals surface area contributed by atoms with Gasteiger partial charge in [-0.15, -0.1) is 5.10 Å². The number of rotatable bonds is 5. The van der Waals surface area contributed by atoms with Gasteiger partial charge in [0.2, 0.25) is 5.91 Å². The summed E-state index contributed by atoms with van der Waals surface area (Å²) in [6, 6.07) is 0. The van der Waals surface area contributed by atoms with Gasteiger partial charge >= 0.3 is 5.97 Å². The molecule has 2 heterocycles. The van der Waals surface area contributed by atoms with Crippen LogP contribution in [0.4, 0.5) is 0 Å². The Morgan fingerprint density at radius 2 is 2.11 bits per heavy atom. The zero-order valence-electron chi connectivity index (χ0n) is 10.4. The predicted octanol–water partition coefficient (Wildman–Crippen LogP) is -0.630. The molecular formula is C11H16N4O4. The second-order valence-corrected chi connectivity index (χ2v) is 4.39. The Bertz CT molecular complexity index is 426. The number of carboxylic acids is 1. The molecule has 8 nitrogen and oxygen atoms in total. The number of hydrogen-bond donors (Lipinski definition) is 1. The number of likely N-dealkylation sites (tertiary alicyclic amines) is 1. The van der Waals surface area contributed by atoms with E-state index in [2.05, 4.69) is 10.3 Å². The lowest BCUT2D eigenvalue weighted by molar-refractivity contribution is -0.147. The van der Waals surface area contributed by atoms with E-state index in [1.165, 1.54) is 10.9 Å². The molecule has 1 aromatic heterocycles. The fourth-order valence-electron chi connectivity index (χ4n) is 2.02. The molecule has 1 fully saturated rings. The molecule has 2 rings (SSSR count). The first-order valence-corrected chi connectivity index (χ1v) is 6.10. The lowest BCUT2D eigenvalue weighted by Gasteiger charge is -2.31. The molecule has 1 saturated heterocycles. The predicted molar refractivity (Wildman–Crippen MR) is 63.2 cm³/mol. The van der Waals surface area contributed by atoms with E-state index >= 15 is 0 Å². The Morgan fingerprint density at radius 3 is 2.68 bits per heavy atom. The lowest BCUT2D eigenvalue weighted by atomic mass is 10.1. The fraction of sp³-hybridized carbons (Fsp3) is 0.636. The summed E-state index contributed by atoms with van der Waals surface area (Å²) in [6.45, 7) is 1.06. The molecule has 0 atom stereocenters. The second kappa shape index (κ2) is 6.28. The summed E-state index contributed by atoms with van der Waals surface area (Å²) >= 11 is 0. The van der Waals surface area contributed by atoms with Gasteiger partial charge < -0.3 is 14.7 Å². The van der Waals surface area contributed by atoms with Gasteiger partial charge in [-0.25, -0.2) is 9.48 Å². The van der Waals surface area contributed by atoms with Crippen LogP contribution in [-0.4, -0.2) is 62.7 Å². The summed E-state index contributed by atoms with van der Waals surface area (Å²) < 4.78 is 6.69. The van der Waals surface area contributed by atoms with Crippen molar-refractivity contribution in [3.05, 3.63) is 12.4 Å². The zero-order valence-corrected chi connectivity index (χ0v) is 10.4. The first-order chi connectivity index (χ1) is 9.15. The molecule has 104 valence electrons. The van der Waals surface area contributed by atoms with Crippen LogP contribution in [-0.2, 0) is 20.9 Å². The SMILES string of the molecule is O=C(O)COC1CCN(C(=O)Cn2ccnn2)CC1. The van der Waals surface area contributed by atoms with Gasteiger partial charge in [0.15, 0.2) is 0 Å². The van der Waals surface area contributed by atoms with Gasteiger partial charge in [0.05, 0.1) is 12.3 Å². The summed E-state index contributed by atoms with van der Waals surface area (Å²) in [7, 11) is 0. The highest BCUT2D eigenvalue weighted by molar-refractivity contribution is 5.76. The van der Waals surface area contributed by atoms with Crippen molar-refractivity contribution in [3.63, 3.8) is 0 Å². The molecule has 1 amide bonds. The summed E-state index contributed by atoms with van der Waals surface area (Å²) in [5.41, 5.74) is 0. The molecule has 1 N–H and O–H groups in total. The van der Waals surface area contributed by atoms with Crippen LogP contribution in [0.25, 0.3) is 0 Å². The van der Waals surface area contributed by atoms with Gasteiger partial charge in [0.25, 0.3) is 0 Å². The standard InChI is InChI=1S/C11H16N4O4/c16-10(7-15-6-3-12-13-15)14-4-1-9(2-5-14)19-8-11(17)18/h3,6,9H,1-2,4-5,7-8H2,(H,17,18). The van der Waals surface area contributed by atoms with Gasteiger partial charge in [-0.1, -0.05) is 5.21 Å². The minimum atomic E-state index is -0.968. The highest BCUT2D eigenvalue weighted by atomic mass is 16.5. The number of aliphatic carboxylic acids is 1. The maximum Gasteiger partial charge on any atom is 0.329 e. The molecule has 19 heavy (non-hydrogen) atoms. The number of piperidine rings is 1. The quantitative estimate of drug-likeness (QED) is 0.763. The van der Waals surface area contributed by atoms with Gasteiger partial charge in [0, 0.05) is 19.3 Å². The van der Waals surface area contributed by atoms with Crippen molar-refractivity contribution in [3.8, 4) is 0 Å². The first kappa shape index (κ1) is 13.5. The van der Waals surface area contributed by atoms with Gasteiger partial charge in [-0.2, -0.15) is 0 Å². The third kappa shape index (κ3) is 4.02. The molecule has 1 aliphatic heterocycles. The van der Waals surface area contributed by atoms with Crippen molar-refractivity contribution in [1.29, 1.82) is 0 Å². The van der Waals surface area contributed by atoms with Crippen molar-refractivity contribution >= 4 is 11.9 Å². The van der Waals surface area contributed by atoms with E-state index in [9.17, 15) is 9.59 Å². The largest absolute Gasteiger partial charge is 0.480 e. The van der Waals surface area contributed by atoms with Crippen LogP contribution < -0.4 is 0 Å². The van der Waals surface area contributed by atoms with Crippen molar-refractivity contribution < 1.29 is 19.4 Å². The molecular weight excluding hydrogens is 252 g/mol. The van der Waals surface area contributed by atoms with Crippen LogP contribution >= 0.6 is 0 Å². The number of nitrogens with zero attached hydrogens (tertiary/aromatic N) is 4. The van der Waals surface area contributed by atoms with E-state index in [0.29, 0.717) is 25.9 Å². The Morgan fingerprint density at radius 1 is 1.37 bits per heavy atom. The lowest BCUT2D eigenvalue weighted by Crippen LogP contribution is -2.42. The number of carbonyl (C=O) groups excluding carboxylic acids is 1. The smallest absolute Gasteiger partial charge is 0.329 e. The number of carboxylic acid groups (broad SMARTS) is 1. The average molecular weight is 268 g/mol. The fourth-order valence-corrected chi connectivity index (χ4v) is 2.02. The topological polar surface area (TPSA) is 97.6 Å². The summed E-state index contributed by atoms with van der Waals surface area (Å²) in [6.07, 6.45) is 4.42. The molecule has 0 aromatic carbocycles. The number of amides is 1. The van der Waals surface area contributed by atoms with Crippen molar-refractivity contribution in [2.75, 3.05) is 19.7 Å². The summed E-state index contributed by atoms with van der Waals surface area (Å²) in [4.78, 5) is 24.1. The van der Waals surface area contributed by atoms with Crippen molar-refractivity contribution in [1.82, 2.24) is 19.9 Å². The van der Waals surface area contributed by atoms with Crippen molar-refractivity contribution in [2.45, 2.75) is 25.5 Å². The Labute approximate surface area is 109 Å². The van der Waals surface area contributed by atoms with Crippen LogP contribution in [0.3, 0.4) is 0 Å². The molecule has 8 heteroatoms. The molecule has 0 radical (unpaired) electrons. The van der Waals surface area contributed by atoms with Gasteiger partial charge in [-0.3, -0.25) is 4.79 Å². The van der Waals surface area contributed by atoms with E-state index in [1.807, 2.05) is 0 Å². The molecule has 1 aliphatic rings. The van der Waals surface area contributed by atoms with E-state index < -0.39 is 5.97 Å². The Hall–Kier alpha value is -1.96. The van der Waals surface area contributed by atoms with E-state index in [4.69, 9.17) is 9.84 Å². The third-order valence-electron chi connectivity index (χ3n) is 3.01. The minimum absolute atomic E-state index is 0.0119. The monoisotopic (exact) mass is 268 g/mol. The van der Waals surface area contributed by atoms with Crippen LogP contribution in [0.5, 0.6) is 0 Å². The Kier molecular flexibility index (Phi) is 4.45. The highest BCUT2D eigenvalue weighted by Gasteiger charge is 2.23. The first-order valence-electron chi connectivity index (χ1n) is 6.10. The van der Waals surface area contributed by atoms with Crippen LogP contribution in [0.2, 0.25) is 0 Å². The number of ether oxygens (including phenoxy) is 1. The van der Waals surface area contributed by atoms with Gasteiger partial charge in [-0.05, 0) is 12.8 Å². The molecule has 0 spiro atoms. The number of aromatic nitrogens is 3. The molecule has 0 saturated carbocycles. The molecule has 1 aromatic rings. The van der Waals surface area contributed by atoms with E-state index in [-0.39, 0.29) is 25.2 Å². The van der Waals surface area contributed by atoms with E-state index in [0.717, 1.165) is 0 Å². The summed E-state index contributed by atoms with van der Waals surface area (Å²) in [5, 5.41) is 15.9. The average Bonchev–Trinajstić information content (AvgIpc) is 2.89. The number of hydrogen-bond acceptors (Lipinski definition) is 5. The van der Waals surface area contributed by atoms with Crippen LogP contribution in [0.1, 0.15) is 12.8 Å². The molecule has 0 bridgehead atoms. The van der Waals surface area contributed by atoms with Gasteiger partial charge in [0.1, 0.15) is 13.2 Å². The van der Waals surface area contributed by atoms with E-state index in [1.54, 1.807) is 11.1 Å². The summed E-state index contributed by atoms with van der Waals surface area (Å²) in [5.74, 6) is -0.980. The third-order valence-corrected chi connectivity index (χ3v) is 3.01. The zero-order chi connectivity index (χ0) is 13.7. The van der Waals surface area contributed by atoms with Crippen LogP contribution in [0.15, 0.2) is 12.4 Å². The maximum absolute atomic E-state index is 11.9. The molecule has 0 aliphatic carbocycles. The Balaban J connectivity index is 1.73. The molecule has 0 unspecified atom stereocenters. The van der Waals surface area contributed by atoms with Crippen LogP contribution in [0, 0.1) is 0 Å². The second-order valence-electron chi connectivity index (χ2n) is 4.39. The normalized spacial score (nSPS) is 16.5. The maximum atomic E-state index is 11.9. The highest BCUT2D eigenvalue weighted by Crippen LogP contribution is 2.14. The number of carbonyl (C=O) groups is 2.